The van der Waals surface area contributed by atoms with Crippen molar-refractivity contribution in [3.8, 4) is 0 Å². The van der Waals surface area contributed by atoms with Crippen LogP contribution in [0.3, 0.4) is 0 Å². The van der Waals surface area contributed by atoms with Crippen molar-refractivity contribution in [1.29, 1.82) is 0 Å². The van der Waals surface area contributed by atoms with E-state index in [1.54, 1.807) is 0 Å². The Labute approximate surface area is 156 Å². The lowest BCUT2D eigenvalue weighted by atomic mass is 10.2. The van der Waals surface area contributed by atoms with Crippen LogP contribution in [0.15, 0.2) is 42.6 Å². The van der Waals surface area contributed by atoms with Gasteiger partial charge in [-0.05, 0) is 24.3 Å². The fourth-order valence-electron chi connectivity index (χ4n) is 3.13. The molecule has 26 heavy (non-hydrogen) atoms. The number of fused-ring (bicyclic) bond motifs is 1. The Bertz CT molecular complexity index is 876. The van der Waals surface area contributed by atoms with Crippen LogP contribution in [0.5, 0.6) is 0 Å². The van der Waals surface area contributed by atoms with Crippen LogP contribution in [-0.4, -0.2) is 62.2 Å². The lowest BCUT2D eigenvalue weighted by Crippen LogP contribution is -2.48. The summed E-state index contributed by atoms with van der Waals surface area (Å²) in [6.45, 7) is 4.89. The molecule has 1 saturated heterocycles. The molecule has 2 aromatic heterocycles. The summed E-state index contributed by atoms with van der Waals surface area (Å²) in [6.07, 6.45) is 1.83. The van der Waals surface area contributed by atoms with Gasteiger partial charge in [-0.15, -0.1) is 0 Å². The standard InChI is InChI=1S/C18H20N6OS/c25-17(20-15-5-3-6-16-18(15)22-26-21-16)13-24-10-8-23(9-11-24)12-14-4-1-2-7-19-14/h1-7H,8-13H2,(H,20,25). The van der Waals surface area contributed by atoms with Gasteiger partial charge in [-0.25, -0.2) is 0 Å². The average molecular weight is 368 g/mol. The number of pyridine rings is 1. The number of carbonyl (C=O) groups excluding carboxylic acids is 1. The molecule has 134 valence electrons. The number of nitrogens with zero attached hydrogens (tertiary/aromatic N) is 5. The monoisotopic (exact) mass is 368 g/mol. The molecule has 4 rings (SSSR count). The number of hydrogen-bond donors (Lipinski definition) is 1. The first-order valence-electron chi connectivity index (χ1n) is 8.64. The van der Waals surface area contributed by atoms with E-state index in [1.807, 2.05) is 42.6 Å². The highest BCUT2D eigenvalue weighted by Crippen LogP contribution is 2.21. The molecule has 1 aliphatic rings. The molecule has 1 N–H and O–H groups in total. The molecule has 0 radical (unpaired) electrons. The maximum Gasteiger partial charge on any atom is 0.238 e. The minimum atomic E-state index is -0.0105. The second-order valence-electron chi connectivity index (χ2n) is 6.36. The Kier molecular flexibility index (Phi) is 5.14. The number of benzene rings is 1. The number of nitrogens with one attached hydrogen (secondary N) is 1. The Hall–Kier alpha value is -2.42. The normalized spacial score (nSPS) is 16.0. The highest BCUT2D eigenvalue weighted by molar-refractivity contribution is 7.00. The van der Waals surface area contributed by atoms with E-state index in [0.717, 1.165) is 66.9 Å². The molecule has 1 fully saturated rings. The van der Waals surface area contributed by atoms with Gasteiger partial charge in [0.05, 0.1) is 29.7 Å². The zero-order valence-electron chi connectivity index (χ0n) is 14.3. The van der Waals surface area contributed by atoms with Gasteiger partial charge < -0.3 is 5.32 Å². The number of anilines is 1. The highest BCUT2D eigenvalue weighted by atomic mass is 32.1. The van der Waals surface area contributed by atoms with Crippen molar-refractivity contribution in [2.24, 2.45) is 0 Å². The quantitative estimate of drug-likeness (QED) is 0.741. The van der Waals surface area contributed by atoms with Crippen LogP contribution >= 0.6 is 11.7 Å². The van der Waals surface area contributed by atoms with E-state index >= 15 is 0 Å². The van der Waals surface area contributed by atoms with Crippen LogP contribution in [-0.2, 0) is 11.3 Å². The first kappa shape index (κ1) is 17.0. The molecular weight excluding hydrogens is 348 g/mol. The van der Waals surface area contributed by atoms with Crippen LogP contribution in [0, 0.1) is 0 Å². The van der Waals surface area contributed by atoms with Gasteiger partial charge in [-0.1, -0.05) is 12.1 Å². The van der Waals surface area contributed by atoms with E-state index in [2.05, 4.69) is 28.8 Å². The smallest absolute Gasteiger partial charge is 0.238 e. The van der Waals surface area contributed by atoms with E-state index < -0.39 is 0 Å². The molecule has 3 heterocycles. The molecule has 8 heteroatoms. The third-order valence-electron chi connectivity index (χ3n) is 4.50. The summed E-state index contributed by atoms with van der Waals surface area (Å²) in [5.41, 5.74) is 3.39. The van der Waals surface area contributed by atoms with Gasteiger partial charge in [0, 0.05) is 38.9 Å². The van der Waals surface area contributed by atoms with Crippen molar-refractivity contribution >= 4 is 34.4 Å². The number of hydrogen-bond acceptors (Lipinski definition) is 7. The van der Waals surface area contributed by atoms with E-state index in [1.165, 1.54) is 0 Å². The summed E-state index contributed by atoms with van der Waals surface area (Å²) < 4.78 is 8.46. The van der Waals surface area contributed by atoms with Crippen molar-refractivity contribution in [3.63, 3.8) is 0 Å². The second-order valence-corrected chi connectivity index (χ2v) is 6.89. The van der Waals surface area contributed by atoms with Gasteiger partial charge in [0.25, 0.3) is 0 Å². The average Bonchev–Trinajstić information content (AvgIpc) is 3.14. The van der Waals surface area contributed by atoms with Gasteiger partial charge in [0.2, 0.25) is 5.91 Å². The minimum Gasteiger partial charge on any atom is -0.323 e. The second kappa shape index (κ2) is 7.86. The van der Waals surface area contributed by atoms with Gasteiger partial charge >= 0.3 is 0 Å². The highest BCUT2D eigenvalue weighted by Gasteiger charge is 2.19. The topological polar surface area (TPSA) is 74.2 Å². The van der Waals surface area contributed by atoms with Crippen LogP contribution in [0.2, 0.25) is 0 Å². The first-order chi connectivity index (χ1) is 12.8. The summed E-state index contributed by atoms with van der Waals surface area (Å²) in [6, 6.07) is 11.6. The van der Waals surface area contributed by atoms with Crippen molar-refractivity contribution < 1.29 is 4.79 Å². The van der Waals surface area contributed by atoms with Crippen LogP contribution in [0.25, 0.3) is 11.0 Å². The zero-order chi connectivity index (χ0) is 17.8. The number of aromatic nitrogens is 3. The van der Waals surface area contributed by atoms with Crippen LogP contribution in [0.1, 0.15) is 5.69 Å². The maximum atomic E-state index is 12.4. The zero-order valence-corrected chi connectivity index (χ0v) is 15.2. The summed E-state index contributed by atoms with van der Waals surface area (Å²) in [7, 11) is 0. The predicted molar refractivity (Wildman–Crippen MR) is 102 cm³/mol. The van der Waals surface area contributed by atoms with Gasteiger partial charge in [-0.3, -0.25) is 19.6 Å². The lowest BCUT2D eigenvalue weighted by molar-refractivity contribution is -0.117. The molecular formula is C18H20N6OS. The summed E-state index contributed by atoms with van der Waals surface area (Å²) in [5, 5.41) is 2.97. The fourth-order valence-corrected chi connectivity index (χ4v) is 3.68. The molecule has 0 unspecified atom stereocenters. The van der Waals surface area contributed by atoms with Gasteiger partial charge in [0.1, 0.15) is 11.0 Å². The van der Waals surface area contributed by atoms with Crippen molar-refractivity contribution in [1.82, 2.24) is 23.5 Å². The summed E-state index contributed by atoms with van der Waals surface area (Å²) in [5.74, 6) is -0.0105. The maximum absolute atomic E-state index is 12.4. The molecule has 0 saturated carbocycles. The number of carbonyl (C=O) groups is 1. The fraction of sp³-hybridized carbons (Fsp3) is 0.333. The van der Waals surface area contributed by atoms with Gasteiger partial charge in [-0.2, -0.15) is 8.75 Å². The molecule has 1 aliphatic heterocycles. The number of piperazine rings is 1. The number of amides is 1. The Morgan fingerprint density at radius 3 is 2.69 bits per heavy atom. The Morgan fingerprint density at radius 1 is 1.04 bits per heavy atom. The molecule has 3 aromatic rings. The lowest BCUT2D eigenvalue weighted by Gasteiger charge is -2.34. The molecule has 0 aliphatic carbocycles. The van der Waals surface area contributed by atoms with Crippen LogP contribution < -0.4 is 5.32 Å². The Morgan fingerprint density at radius 2 is 1.88 bits per heavy atom. The molecule has 1 aromatic carbocycles. The van der Waals surface area contributed by atoms with E-state index in [-0.39, 0.29) is 5.91 Å². The summed E-state index contributed by atoms with van der Waals surface area (Å²) >= 11 is 1.16. The molecule has 0 atom stereocenters. The first-order valence-corrected chi connectivity index (χ1v) is 9.37. The SMILES string of the molecule is O=C(CN1CCN(Cc2ccccn2)CC1)Nc1cccc2nsnc12. The third-order valence-corrected chi connectivity index (χ3v) is 5.05. The number of rotatable bonds is 5. The predicted octanol–water partition coefficient (Wildman–Crippen LogP) is 1.84. The molecule has 1 amide bonds. The third kappa shape index (κ3) is 4.04. The summed E-state index contributed by atoms with van der Waals surface area (Å²) in [4.78, 5) is 21.3. The van der Waals surface area contributed by atoms with Crippen molar-refractivity contribution in [3.05, 3.63) is 48.3 Å². The molecule has 0 bridgehead atoms. The molecule has 7 nitrogen and oxygen atoms in total. The minimum absolute atomic E-state index is 0.0105. The van der Waals surface area contributed by atoms with Crippen LogP contribution in [0.4, 0.5) is 5.69 Å². The van der Waals surface area contributed by atoms with E-state index in [4.69, 9.17) is 0 Å². The molecule has 0 spiro atoms. The van der Waals surface area contributed by atoms with E-state index in [0.29, 0.717) is 6.54 Å². The van der Waals surface area contributed by atoms with Crippen molar-refractivity contribution in [2.75, 3.05) is 38.0 Å². The van der Waals surface area contributed by atoms with Gasteiger partial charge in [0.15, 0.2) is 0 Å². The Balaban J connectivity index is 1.27. The van der Waals surface area contributed by atoms with Crippen molar-refractivity contribution in [2.45, 2.75) is 6.54 Å². The largest absolute Gasteiger partial charge is 0.323 e. The van der Waals surface area contributed by atoms with E-state index in [9.17, 15) is 4.79 Å².